The average Bonchev–Trinajstić information content (AvgIpc) is 2.78. The minimum absolute atomic E-state index is 0.184. The molecule has 0 saturated heterocycles. The Labute approximate surface area is 103 Å². The van der Waals surface area contributed by atoms with Crippen molar-refractivity contribution < 1.29 is 13.2 Å². The smallest absolute Gasteiger partial charge is 0.311 e. The van der Waals surface area contributed by atoms with Crippen molar-refractivity contribution in [2.24, 2.45) is 5.73 Å². The van der Waals surface area contributed by atoms with Gasteiger partial charge in [-0.3, -0.25) is 5.10 Å². The number of halogens is 3. The van der Waals surface area contributed by atoms with Crippen LogP contribution in [0, 0.1) is 0 Å². The zero-order chi connectivity index (χ0) is 13.4. The van der Waals surface area contributed by atoms with E-state index in [-0.39, 0.29) is 11.7 Å². The van der Waals surface area contributed by atoms with Crippen LogP contribution in [0.3, 0.4) is 0 Å². The maximum Gasteiger partial charge on any atom is 0.413 e. The highest BCUT2D eigenvalue weighted by Crippen LogP contribution is 2.36. The highest BCUT2D eigenvalue weighted by molar-refractivity contribution is 5.09. The van der Waals surface area contributed by atoms with Gasteiger partial charge in [0.25, 0.3) is 0 Å². The molecule has 18 heavy (non-hydrogen) atoms. The van der Waals surface area contributed by atoms with Crippen molar-refractivity contribution in [3.63, 3.8) is 0 Å². The van der Waals surface area contributed by atoms with Crippen LogP contribution in [0.15, 0.2) is 0 Å². The molecular weight excluding hydrogens is 245 g/mol. The predicted octanol–water partition coefficient (Wildman–Crippen LogP) is 2.59. The highest BCUT2D eigenvalue weighted by Gasteiger charge is 2.52. The second kappa shape index (κ2) is 4.53. The number of nitrogens with two attached hydrogens (primary N) is 1. The van der Waals surface area contributed by atoms with Crippen molar-refractivity contribution >= 4 is 0 Å². The summed E-state index contributed by atoms with van der Waals surface area (Å²) in [7, 11) is 0. The van der Waals surface area contributed by atoms with Gasteiger partial charge >= 0.3 is 6.18 Å². The number of alkyl halides is 3. The first-order valence-electron chi connectivity index (χ1n) is 6.11. The third kappa shape index (κ3) is 2.36. The molecule has 1 aromatic rings. The summed E-state index contributed by atoms with van der Waals surface area (Å²) in [5.41, 5.74) is 2.78. The van der Waals surface area contributed by atoms with Crippen LogP contribution in [-0.2, 0) is 5.54 Å². The van der Waals surface area contributed by atoms with Crippen LogP contribution in [0.4, 0.5) is 13.2 Å². The molecule has 1 aliphatic rings. The molecular formula is C11H17F3N4. The molecule has 1 unspecified atom stereocenters. The molecule has 1 aromatic heterocycles. The molecule has 0 aliphatic heterocycles. The number of hydrogen-bond donors (Lipinski definition) is 2. The van der Waals surface area contributed by atoms with E-state index in [1.54, 1.807) is 0 Å². The lowest BCUT2D eigenvalue weighted by Crippen LogP contribution is -2.48. The van der Waals surface area contributed by atoms with Gasteiger partial charge in [0.2, 0.25) is 0 Å². The minimum atomic E-state index is -4.56. The standard InChI is InChI=1S/C11H17F3N4/c1-10(15,11(12,13)14)9-16-8(17-18-9)7-5-3-2-4-6-7/h7H,2-6,15H2,1H3,(H,16,17,18). The van der Waals surface area contributed by atoms with Crippen LogP contribution < -0.4 is 5.73 Å². The fraction of sp³-hybridized carbons (Fsp3) is 0.818. The van der Waals surface area contributed by atoms with E-state index in [0.29, 0.717) is 5.82 Å². The van der Waals surface area contributed by atoms with E-state index < -0.39 is 11.7 Å². The highest BCUT2D eigenvalue weighted by atomic mass is 19.4. The van der Waals surface area contributed by atoms with E-state index in [2.05, 4.69) is 15.2 Å². The van der Waals surface area contributed by atoms with Crippen molar-refractivity contribution in [1.29, 1.82) is 0 Å². The summed E-state index contributed by atoms with van der Waals surface area (Å²) in [5.74, 6) is 0.338. The van der Waals surface area contributed by atoms with Gasteiger partial charge in [-0.2, -0.15) is 18.3 Å². The summed E-state index contributed by atoms with van der Waals surface area (Å²) in [6.07, 6.45) is 0.678. The first kappa shape index (κ1) is 13.3. The average molecular weight is 262 g/mol. The summed E-state index contributed by atoms with van der Waals surface area (Å²) in [4.78, 5) is 3.96. The Hall–Kier alpha value is -1.11. The molecule has 1 atom stereocenters. The summed E-state index contributed by atoms with van der Waals surface area (Å²) in [6.45, 7) is 0.890. The van der Waals surface area contributed by atoms with Crippen molar-refractivity contribution in [3.8, 4) is 0 Å². The summed E-state index contributed by atoms with van der Waals surface area (Å²) < 4.78 is 38.3. The Morgan fingerprint density at radius 2 is 1.83 bits per heavy atom. The number of hydrogen-bond acceptors (Lipinski definition) is 3. The molecule has 3 N–H and O–H groups in total. The summed E-state index contributed by atoms with van der Waals surface area (Å²) in [6, 6.07) is 0. The van der Waals surface area contributed by atoms with Gasteiger partial charge in [0.05, 0.1) is 0 Å². The molecule has 0 radical (unpaired) electrons. The van der Waals surface area contributed by atoms with Crippen LogP contribution >= 0.6 is 0 Å². The molecule has 1 fully saturated rings. The molecule has 1 aliphatic carbocycles. The fourth-order valence-electron chi connectivity index (χ4n) is 2.19. The van der Waals surface area contributed by atoms with Crippen LogP contribution in [-0.4, -0.2) is 21.4 Å². The normalized spacial score (nSPS) is 21.8. The van der Waals surface area contributed by atoms with Gasteiger partial charge in [-0.15, -0.1) is 0 Å². The maximum atomic E-state index is 12.8. The maximum absolute atomic E-state index is 12.8. The Bertz CT molecular complexity index is 405. The second-order valence-corrected chi connectivity index (χ2v) is 5.08. The summed E-state index contributed by atoms with van der Waals surface area (Å²) in [5, 5.41) is 6.26. The van der Waals surface area contributed by atoms with Crippen molar-refractivity contribution in [2.75, 3.05) is 0 Å². The fourth-order valence-corrected chi connectivity index (χ4v) is 2.19. The molecule has 0 bridgehead atoms. The third-order valence-electron chi connectivity index (χ3n) is 3.55. The van der Waals surface area contributed by atoms with Gasteiger partial charge in [0.15, 0.2) is 11.4 Å². The quantitative estimate of drug-likeness (QED) is 0.860. The molecule has 0 amide bonds. The van der Waals surface area contributed by atoms with Gasteiger partial charge in [-0.1, -0.05) is 19.3 Å². The van der Waals surface area contributed by atoms with Gasteiger partial charge in [-0.25, -0.2) is 4.98 Å². The molecule has 102 valence electrons. The number of rotatable bonds is 2. The van der Waals surface area contributed by atoms with Gasteiger partial charge < -0.3 is 5.73 Å². The van der Waals surface area contributed by atoms with E-state index in [4.69, 9.17) is 5.73 Å². The minimum Gasteiger partial charge on any atom is -0.311 e. The van der Waals surface area contributed by atoms with E-state index in [9.17, 15) is 13.2 Å². The third-order valence-corrected chi connectivity index (χ3v) is 3.55. The zero-order valence-corrected chi connectivity index (χ0v) is 10.2. The zero-order valence-electron chi connectivity index (χ0n) is 10.2. The number of aromatic nitrogens is 3. The van der Waals surface area contributed by atoms with E-state index in [1.165, 1.54) is 6.42 Å². The lowest BCUT2D eigenvalue weighted by molar-refractivity contribution is -0.186. The van der Waals surface area contributed by atoms with Gasteiger partial charge in [0, 0.05) is 5.92 Å². The SMILES string of the molecule is CC(N)(c1n[nH]c(C2CCCCC2)n1)C(F)(F)F. The summed E-state index contributed by atoms with van der Waals surface area (Å²) >= 11 is 0. The van der Waals surface area contributed by atoms with Crippen molar-refractivity contribution in [1.82, 2.24) is 15.2 Å². The lowest BCUT2D eigenvalue weighted by Gasteiger charge is -2.24. The molecule has 7 heteroatoms. The van der Waals surface area contributed by atoms with Crippen molar-refractivity contribution in [2.45, 2.75) is 56.7 Å². The Morgan fingerprint density at radius 1 is 1.22 bits per heavy atom. The number of nitrogens with one attached hydrogen (secondary N) is 1. The molecule has 1 heterocycles. The molecule has 1 saturated carbocycles. The van der Waals surface area contributed by atoms with Gasteiger partial charge in [-0.05, 0) is 19.8 Å². The Balaban J connectivity index is 2.19. The van der Waals surface area contributed by atoms with Crippen LogP contribution in [0.1, 0.15) is 56.6 Å². The largest absolute Gasteiger partial charge is 0.413 e. The topological polar surface area (TPSA) is 67.6 Å². The van der Waals surface area contributed by atoms with Crippen molar-refractivity contribution in [3.05, 3.63) is 11.6 Å². The Kier molecular flexibility index (Phi) is 3.35. The predicted molar refractivity (Wildman–Crippen MR) is 59.8 cm³/mol. The molecule has 4 nitrogen and oxygen atoms in total. The first-order valence-corrected chi connectivity index (χ1v) is 6.11. The first-order chi connectivity index (χ1) is 8.32. The monoisotopic (exact) mass is 262 g/mol. The van der Waals surface area contributed by atoms with E-state index in [1.807, 2.05) is 0 Å². The number of nitrogens with zero attached hydrogens (tertiary/aromatic N) is 2. The molecule has 2 rings (SSSR count). The molecule has 0 spiro atoms. The van der Waals surface area contributed by atoms with Gasteiger partial charge in [0.1, 0.15) is 5.82 Å². The number of aromatic amines is 1. The van der Waals surface area contributed by atoms with E-state index in [0.717, 1.165) is 32.6 Å². The number of H-pyrrole nitrogens is 1. The second-order valence-electron chi connectivity index (χ2n) is 5.08. The van der Waals surface area contributed by atoms with E-state index >= 15 is 0 Å². The Morgan fingerprint density at radius 3 is 2.39 bits per heavy atom. The van der Waals surface area contributed by atoms with Crippen LogP contribution in [0.2, 0.25) is 0 Å². The van der Waals surface area contributed by atoms with Crippen LogP contribution in [0.5, 0.6) is 0 Å². The molecule has 0 aromatic carbocycles. The lowest BCUT2D eigenvalue weighted by atomic mass is 9.89. The van der Waals surface area contributed by atoms with Crippen LogP contribution in [0.25, 0.3) is 0 Å².